The fourth-order valence-corrected chi connectivity index (χ4v) is 4.94. The molecule has 0 aliphatic carbocycles. The molecule has 1 aliphatic heterocycles. The molecule has 0 atom stereocenters. The van der Waals surface area contributed by atoms with Crippen molar-refractivity contribution >= 4 is 34.5 Å². The van der Waals surface area contributed by atoms with Crippen LogP contribution < -0.4 is 4.90 Å². The number of nitrogens with zero attached hydrogens (tertiary/aromatic N) is 7. The zero-order valence-electron chi connectivity index (χ0n) is 20.0. The van der Waals surface area contributed by atoms with Gasteiger partial charge in [-0.2, -0.15) is 4.68 Å². The monoisotopic (exact) mass is 509 g/mol. The van der Waals surface area contributed by atoms with Gasteiger partial charge in [0.1, 0.15) is 6.33 Å². The molecule has 3 heterocycles. The molecule has 0 saturated carbocycles. The molecule has 1 aliphatic rings. The van der Waals surface area contributed by atoms with Gasteiger partial charge in [-0.3, -0.25) is 4.79 Å². The minimum absolute atomic E-state index is 0.110. The molecular weight excluding hydrogens is 486 g/mol. The average Bonchev–Trinajstić information content (AvgIpc) is 3.39. The first-order valence-electron chi connectivity index (χ1n) is 12.1. The summed E-state index contributed by atoms with van der Waals surface area (Å²) in [5.41, 5.74) is 4.07. The number of amides is 1. The second kappa shape index (κ2) is 9.99. The molecule has 1 saturated heterocycles. The third kappa shape index (κ3) is 4.51. The van der Waals surface area contributed by atoms with Crippen LogP contribution in [0.5, 0.6) is 0 Å². The van der Waals surface area contributed by atoms with Gasteiger partial charge in [-0.05, 0) is 35.4 Å². The van der Waals surface area contributed by atoms with Crippen molar-refractivity contribution in [3.05, 3.63) is 107 Å². The van der Waals surface area contributed by atoms with Crippen molar-refractivity contribution < 1.29 is 4.79 Å². The lowest BCUT2D eigenvalue weighted by Gasteiger charge is -2.37. The van der Waals surface area contributed by atoms with Crippen LogP contribution in [0.4, 0.5) is 5.82 Å². The van der Waals surface area contributed by atoms with Gasteiger partial charge in [0.25, 0.3) is 0 Å². The highest BCUT2D eigenvalue weighted by Gasteiger charge is 2.31. The average molecular weight is 510 g/mol. The number of anilines is 1. The lowest BCUT2D eigenvalue weighted by molar-refractivity contribution is -0.132. The largest absolute Gasteiger partial charge is 0.351 e. The van der Waals surface area contributed by atoms with Crippen LogP contribution >= 0.6 is 11.6 Å². The van der Waals surface area contributed by atoms with Crippen LogP contribution in [0.25, 0.3) is 16.9 Å². The van der Waals surface area contributed by atoms with Crippen LogP contribution in [0.3, 0.4) is 0 Å². The van der Waals surface area contributed by atoms with E-state index in [1.165, 1.54) is 6.33 Å². The highest BCUT2D eigenvalue weighted by atomic mass is 35.5. The van der Waals surface area contributed by atoms with Gasteiger partial charge in [0.2, 0.25) is 5.91 Å². The molecule has 9 heteroatoms. The van der Waals surface area contributed by atoms with Crippen LogP contribution in [0.2, 0.25) is 5.02 Å². The zero-order valence-corrected chi connectivity index (χ0v) is 20.7. The molecule has 0 N–H and O–H groups in total. The molecular formula is C28H24ClN7O. The maximum atomic E-state index is 13.8. The Balaban J connectivity index is 1.23. The van der Waals surface area contributed by atoms with E-state index < -0.39 is 0 Å². The molecule has 0 spiro atoms. The first kappa shape index (κ1) is 23.1. The number of fused-ring (bicyclic) bond motifs is 1. The smallest absolute Gasteiger partial charge is 0.234 e. The molecule has 1 amide bonds. The molecule has 2 aromatic heterocycles. The molecule has 8 nitrogen and oxygen atoms in total. The van der Waals surface area contributed by atoms with Crippen LogP contribution in [0, 0.1) is 0 Å². The molecule has 37 heavy (non-hydrogen) atoms. The topological polar surface area (TPSA) is 80.0 Å². The molecule has 5 aromatic rings. The number of rotatable bonds is 5. The van der Waals surface area contributed by atoms with Crippen molar-refractivity contribution in [1.29, 1.82) is 0 Å². The Labute approximate surface area is 219 Å². The summed E-state index contributed by atoms with van der Waals surface area (Å²) < 4.78 is 1.68. The Morgan fingerprint density at radius 2 is 1.41 bits per heavy atom. The van der Waals surface area contributed by atoms with Crippen LogP contribution in [-0.2, 0) is 4.79 Å². The first-order chi connectivity index (χ1) is 18.2. The second-order valence-electron chi connectivity index (χ2n) is 8.91. The maximum absolute atomic E-state index is 13.8. The van der Waals surface area contributed by atoms with Crippen molar-refractivity contribution in [2.45, 2.75) is 5.92 Å². The standard InChI is InChI=1S/C28H24ClN7O/c29-22-11-13-23(14-12-22)36-27-25(32-33-36)26(30-19-31-27)34-15-17-35(18-16-34)28(37)24(20-7-3-1-4-8-20)21-9-5-2-6-10-21/h1-14,19,24H,15-18H2. The summed E-state index contributed by atoms with van der Waals surface area (Å²) in [5.74, 6) is 0.498. The highest BCUT2D eigenvalue weighted by Crippen LogP contribution is 2.29. The van der Waals surface area contributed by atoms with Gasteiger partial charge < -0.3 is 9.80 Å². The summed E-state index contributed by atoms with van der Waals surface area (Å²) in [6.07, 6.45) is 1.53. The van der Waals surface area contributed by atoms with E-state index in [-0.39, 0.29) is 11.8 Å². The van der Waals surface area contributed by atoms with Crippen molar-refractivity contribution in [2.75, 3.05) is 31.1 Å². The third-order valence-corrected chi connectivity index (χ3v) is 6.95. The SMILES string of the molecule is O=C(C(c1ccccc1)c1ccccc1)N1CCN(c2ncnc3c2nnn3-c2ccc(Cl)cc2)CC1. The number of aromatic nitrogens is 5. The third-order valence-electron chi connectivity index (χ3n) is 6.69. The number of carbonyl (C=O) groups excluding carboxylic acids is 1. The number of benzene rings is 3. The van der Waals surface area contributed by atoms with Crippen LogP contribution in [0.1, 0.15) is 17.0 Å². The quantitative estimate of drug-likeness (QED) is 0.350. The fraction of sp³-hybridized carbons (Fsp3) is 0.179. The van der Waals surface area contributed by atoms with E-state index in [1.54, 1.807) is 16.8 Å². The van der Waals surface area contributed by atoms with E-state index in [4.69, 9.17) is 11.6 Å². The summed E-state index contributed by atoms with van der Waals surface area (Å²) in [7, 11) is 0. The zero-order chi connectivity index (χ0) is 25.2. The van der Waals surface area contributed by atoms with Crippen LogP contribution in [-0.4, -0.2) is 61.9 Å². The van der Waals surface area contributed by atoms with E-state index >= 15 is 0 Å². The van der Waals surface area contributed by atoms with Gasteiger partial charge in [0.15, 0.2) is 17.0 Å². The normalized spacial score (nSPS) is 13.9. The van der Waals surface area contributed by atoms with Crippen molar-refractivity contribution in [3.8, 4) is 5.69 Å². The lowest BCUT2D eigenvalue weighted by Crippen LogP contribution is -2.50. The van der Waals surface area contributed by atoms with E-state index in [0.717, 1.165) is 22.6 Å². The van der Waals surface area contributed by atoms with E-state index in [9.17, 15) is 4.79 Å². The molecule has 0 unspecified atom stereocenters. The van der Waals surface area contributed by atoms with Crippen molar-refractivity contribution in [1.82, 2.24) is 29.9 Å². The summed E-state index contributed by atoms with van der Waals surface area (Å²) in [6, 6.07) is 27.3. The Morgan fingerprint density at radius 1 is 0.784 bits per heavy atom. The Bertz CT molecular complexity index is 1480. The molecule has 1 fully saturated rings. The van der Waals surface area contributed by atoms with Crippen molar-refractivity contribution in [3.63, 3.8) is 0 Å². The molecule has 3 aromatic carbocycles. The Morgan fingerprint density at radius 3 is 2.03 bits per heavy atom. The molecule has 6 rings (SSSR count). The summed E-state index contributed by atoms with van der Waals surface area (Å²) >= 11 is 6.04. The van der Waals surface area contributed by atoms with Gasteiger partial charge >= 0.3 is 0 Å². The molecule has 0 bridgehead atoms. The van der Waals surface area contributed by atoms with Gasteiger partial charge in [0, 0.05) is 31.2 Å². The Kier molecular flexibility index (Phi) is 6.24. The summed E-state index contributed by atoms with van der Waals surface area (Å²) in [5, 5.41) is 9.35. The number of piperazine rings is 1. The minimum atomic E-state index is -0.334. The van der Waals surface area contributed by atoms with Gasteiger partial charge in [-0.1, -0.05) is 77.5 Å². The summed E-state index contributed by atoms with van der Waals surface area (Å²) in [6.45, 7) is 2.46. The lowest BCUT2D eigenvalue weighted by atomic mass is 9.90. The molecule has 184 valence electrons. The van der Waals surface area contributed by atoms with Crippen molar-refractivity contribution in [2.24, 2.45) is 0 Å². The summed E-state index contributed by atoms with van der Waals surface area (Å²) in [4.78, 5) is 26.8. The van der Waals surface area contributed by atoms with Gasteiger partial charge in [-0.15, -0.1) is 5.10 Å². The minimum Gasteiger partial charge on any atom is -0.351 e. The van der Waals surface area contributed by atoms with E-state index in [1.807, 2.05) is 77.7 Å². The first-order valence-corrected chi connectivity index (χ1v) is 12.5. The molecule has 0 radical (unpaired) electrons. The Hall–Kier alpha value is -4.30. The van der Waals surface area contributed by atoms with Gasteiger partial charge in [0.05, 0.1) is 11.6 Å². The second-order valence-corrected chi connectivity index (χ2v) is 9.35. The van der Waals surface area contributed by atoms with E-state index in [2.05, 4.69) is 25.2 Å². The highest BCUT2D eigenvalue weighted by molar-refractivity contribution is 6.30. The maximum Gasteiger partial charge on any atom is 0.234 e. The number of hydrogen-bond acceptors (Lipinski definition) is 6. The van der Waals surface area contributed by atoms with Crippen LogP contribution in [0.15, 0.2) is 91.3 Å². The number of carbonyl (C=O) groups is 1. The fourth-order valence-electron chi connectivity index (χ4n) is 4.81. The van der Waals surface area contributed by atoms with Gasteiger partial charge in [-0.25, -0.2) is 9.97 Å². The number of hydrogen-bond donors (Lipinski definition) is 0. The predicted octanol–water partition coefficient (Wildman–Crippen LogP) is 4.34. The van der Waals surface area contributed by atoms with E-state index in [0.29, 0.717) is 42.4 Å². The number of halogens is 1. The predicted molar refractivity (Wildman–Crippen MR) is 143 cm³/mol.